The van der Waals surface area contributed by atoms with Crippen LogP contribution in [0, 0.1) is 6.92 Å². The Morgan fingerprint density at radius 3 is 2.36 bits per heavy atom. The van der Waals surface area contributed by atoms with E-state index in [0.717, 1.165) is 24.4 Å². The van der Waals surface area contributed by atoms with Crippen LogP contribution >= 0.6 is 11.6 Å². The van der Waals surface area contributed by atoms with Crippen molar-refractivity contribution in [2.75, 3.05) is 19.7 Å². The summed E-state index contributed by atoms with van der Waals surface area (Å²) in [5.41, 5.74) is 1.15. The summed E-state index contributed by atoms with van der Waals surface area (Å²) in [7, 11) is 0. The molecule has 22 heavy (non-hydrogen) atoms. The molecule has 1 rings (SSSR count). The zero-order valence-corrected chi connectivity index (χ0v) is 13.5. The monoisotopic (exact) mass is 331 g/mol. The Balaban J connectivity index is 0.000000626. The number of hydrogen-bond donors (Lipinski definition) is 3. The molecule has 0 aliphatic rings. The summed E-state index contributed by atoms with van der Waals surface area (Å²) < 4.78 is 5.58. The summed E-state index contributed by atoms with van der Waals surface area (Å²) >= 11 is 6.05. The van der Waals surface area contributed by atoms with Crippen LogP contribution in [0.3, 0.4) is 0 Å². The summed E-state index contributed by atoms with van der Waals surface area (Å²) in [5.74, 6) is -2.88. The molecule has 0 spiro atoms. The zero-order valence-electron chi connectivity index (χ0n) is 12.8. The summed E-state index contributed by atoms with van der Waals surface area (Å²) in [6, 6.07) is 5.84. The minimum Gasteiger partial charge on any atom is -0.491 e. The number of carbonyl (C=O) groups is 2. The third kappa shape index (κ3) is 10.0. The van der Waals surface area contributed by atoms with Crippen molar-refractivity contribution >= 4 is 23.5 Å². The Labute approximate surface area is 135 Å². The summed E-state index contributed by atoms with van der Waals surface area (Å²) in [6.07, 6.45) is 2.43. The van der Waals surface area contributed by atoms with Crippen LogP contribution in [0.25, 0.3) is 0 Å². The number of benzene rings is 1. The highest BCUT2D eigenvalue weighted by atomic mass is 35.5. The Bertz CT molecular complexity index is 467. The molecular formula is C15H22ClNO5. The van der Waals surface area contributed by atoms with Gasteiger partial charge in [-0.25, -0.2) is 9.59 Å². The normalized spacial score (nSPS) is 9.59. The molecule has 6 nitrogen and oxygen atoms in total. The van der Waals surface area contributed by atoms with E-state index in [1.54, 1.807) is 0 Å². The van der Waals surface area contributed by atoms with Crippen molar-refractivity contribution in [3.05, 3.63) is 28.8 Å². The molecule has 0 bridgehead atoms. The molecule has 0 saturated carbocycles. The molecule has 0 fully saturated rings. The van der Waals surface area contributed by atoms with Crippen molar-refractivity contribution in [1.29, 1.82) is 0 Å². The van der Waals surface area contributed by atoms with Crippen LogP contribution in [0.2, 0.25) is 5.02 Å². The summed E-state index contributed by atoms with van der Waals surface area (Å²) in [6.45, 7) is 6.78. The van der Waals surface area contributed by atoms with Gasteiger partial charge in [0.05, 0.1) is 5.02 Å². The fourth-order valence-electron chi connectivity index (χ4n) is 1.38. The standard InChI is InChI=1S/C13H20ClNO.C2H2O4/c1-3-4-7-15-8-9-16-13-6-5-11(2)10-12(13)14;3-1(4)2(5)6/h5-6,10,15H,3-4,7-9H2,1-2H3;(H,3,4)(H,5,6). The van der Waals surface area contributed by atoms with E-state index in [-0.39, 0.29) is 0 Å². The van der Waals surface area contributed by atoms with Gasteiger partial charge in [-0.2, -0.15) is 0 Å². The van der Waals surface area contributed by atoms with Crippen molar-refractivity contribution in [1.82, 2.24) is 5.32 Å². The smallest absolute Gasteiger partial charge is 0.414 e. The first-order valence-electron chi connectivity index (χ1n) is 6.94. The number of nitrogens with one attached hydrogen (secondary N) is 1. The lowest BCUT2D eigenvalue weighted by molar-refractivity contribution is -0.159. The lowest BCUT2D eigenvalue weighted by Crippen LogP contribution is -2.22. The average Bonchev–Trinajstić information content (AvgIpc) is 2.45. The van der Waals surface area contributed by atoms with Gasteiger partial charge in [0.15, 0.2) is 0 Å². The van der Waals surface area contributed by atoms with E-state index in [1.807, 2.05) is 25.1 Å². The van der Waals surface area contributed by atoms with E-state index in [4.69, 9.17) is 36.1 Å². The van der Waals surface area contributed by atoms with E-state index in [2.05, 4.69) is 12.2 Å². The molecule has 0 heterocycles. The van der Waals surface area contributed by atoms with Gasteiger partial charge in [0.1, 0.15) is 12.4 Å². The maximum atomic E-state index is 9.10. The molecule has 7 heteroatoms. The van der Waals surface area contributed by atoms with Crippen molar-refractivity contribution in [2.24, 2.45) is 0 Å². The number of carboxylic acid groups (broad SMARTS) is 2. The first-order valence-corrected chi connectivity index (χ1v) is 7.32. The van der Waals surface area contributed by atoms with Gasteiger partial charge in [0.2, 0.25) is 0 Å². The summed E-state index contributed by atoms with van der Waals surface area (Å²) in [5, 5.41) is 18.8. The predicted octanol–water partition coefficient (Wildman–Crippen LogP) is 2.57. The van der Waals surface area contributed by atoms with Crippen molar-refractivity contribution in [3.8, 4) is 5.75 Å². The van der Waals surface area contributed by atoms with Gasteiger partial charge in [-0.15, -0.1) is 0 Å². The van der Waals surface area contributed by atoms with Crippen LogP contribution in [0.5, 0.6) is 5.75 Å². The number of aryl methyl sites for hydroxylation is 1. The molecule has 0 aliphatic heterocycles. The lowest BCUT2D eigenvalue weighted by atomic mass is 10.2. The Kier molecular flexibility index (Phi) is 10.9. The molecular weight excluding hydrogens is 310 g/mol. The molecule has 0 aromatic heterocycles. The number of aliphatic carboxylic acids is 2. The molecule has 3 N–H and O–H groups in total. The summed E-state index contributed by atoms with van der Waals surface area (Å²) in [4.78, 5) is 18.2. The number of carboxylic acids is 2. The highest BCUT2D eigenvalue weighted by Gasteiger charge is 2.04. The van der Waals surface area contributed by atoms with Crippen LogP contribution in [-0.2, 0) is 9.59 Å². The van der Waals surface area contributed by atoms with Crippen LogP contribution in [0.15, 0.2) is 18.2 Å². The quantitative estimate of drug-likeness (QED) is 0.525. The van der Waals surface area contributed by atoms with E-state index in [0.29, 0.717) is 11.6 Å². The van der Waals surface area contributed by atoms with Crippen LogP contribution in [0.1, 0.15) is 25.3 Å². The maximum Gasteiger partial charge on any atom is 0.414 e. The van der Waals surface area contributed by atoms with E-state index in [1.165, 1.54) is 12.8 Å². The van der Waals surface area contributed by atoms with Crippen LogP contribution < -0.4 is 10.1 Å². The Morgan fingerprint density at radius 2 is 1.86 bits per heavy atom. The van der Waals surface area contributed by atoms with Gasteiger partial charge < -0.3 is 20.3 Å². The Morgan fingerprint density at radius 1 is 1.23 bits per heavy atom. The zero-order chi connectivity index (χ0) is 17.0. The average molecular weight is 332 g/mol. The number of ether oxygens (including phenoxy) is 1. The van der Waals surface area contributed by atoms with E-state index in [9.17, 15) is 0 Å². The van der Waals surface area contributed by atoms with Gasteiger partial charge in [-0.1, -0.05) is 31.0 Å². The second-order valence-electron chi connectivity index (χ2n) is 4.50. The molecule has 0 amide bonds. The second-order valence-corrected chi connectivity index (χ2v) is 4.90. The lowest BCUT2D eigenvalue weighted by Gasteiger charge is -2.09. The first-order chi connectivity index (χ1) is 10.4. The van der Waals surface area contributed by atoms with Crippen molar-refractivity contribution in [2.45, 2.75) is 26.7 Å². The van der Waals surface area contributed by atoms with Gasteiger partial charge in [-0.3, -0.25) is 0 Å². The number of unbranched alkanes of at least 4 members (excludes halogenated alkanes) is 1. The molecule has 0 atom stereocenters. The van der Waals surface area contributed by atoms with E-state index >= 15 is 0 Å². The topological polar surface area (TPSA) is 95.9 Å². The van der Waals surface area contributed by atoms with Crippen molar-refractivity contribution < 1.29 is 24.5 Å². The van der Waals surface area contributed by atoms with Gasteiger partial charge >= 0.3 is 11.9 Å². The fraction of sp³-hybridized carbons (Fsp3) is 0.467. The van der Waals surface area contributed by atoms with Crippen LogP contribution in [-0.4, -0.2) is 41.8 Å². The largest absolute Gasteiger partial charge is 0.491 e. The number of halogens is 1. The molecule has 0 saturated heterocycles. The minimum atomic E-state index is -1.82. The highest BCUT2D eigenvalue weighted by molar-refractivity contribution is 6.32. The van der Waals surface area contributed by atoms with Gasteiger partial charge in [0, 0.05) is 6.54 Å². The van der Waals surface area contributed by atoms with Crippen molar-refractivity contribution in [3.63, 3.8) is 0 Å². The SMILES string of the molecule is CCCCNCCOc1ccc(C)cc1Cl.O=C(O)C(=O)O. The fourth-order valence-corrected chi connectivity index (χ4v) is 1.67. The number of rotatable bonds is 7. The minimum absolute atomic E-state index is 0.659. The maximum absolute atomic E-state index is 9.10. The van der Waals surface area contributed by atoms with Gasteiger partial charge in [0.25, 0.3) is 0 Å². The van der Waals surface area contributed by atoms with Gasteiger partial charge in [-0.05, 0) is 37.6 Å². The second kappa shape index (κ2) is 11.8. The number of hydrogen-bond acceptors (Lipinski definition) is 4. The third-order valence-corrected chi connectivity index (χ3v) is 2.81. The molecule has 124 valence electrons. The molecule has 1 aromatic carbocycles. The Hall–Kier alpha value is -1.79. The first kappa shape index (κ1) is 20.2. The molecule has 0 unspecified atom stereocenters. The molecule has 0 radical (unpaired) electrons. The predicted molar refractivity (Wildman–Crippen MR) is 84.7 cm³/mol. The van der Waals surface area contributed by atoms with E-state index < -0.39 is 11.9 Å². The van der Waals surface area contributed by atoms with Crippen LogP contribution in [0.4, 0.5) is 0 Å². The third-order valence-electron chi connectivity index (χ3n) is 2.51. The molecule has 0 aliphatic carbocycles. The highest BCUT2D eigenvalue weighted by Crippen LogP contribution is 2.24. The molecule has 1 aromatic rings.